The molecule has 126 valence electrons. The van der Waals surface area contributed by atoms with Crippen molar-refractivity contribution in [2.75, 3.05) is 23.4 Å². The van der Waals surface area contributed by atoms with Gasteiger partial charge in [-0.25, -0.2) is 4.79 Å². The maximum absolute atomic E-state index is 13.1. The molecule has 7 nitrogen and oxygen atoms in total. The third-order valence-corrected chi connectivity index (χ3v) is 5.09. The Morgan fingerprint density at radius 3 is 2.58 bits per heavy atom. The van der Waals surface area contributed by atoms with Crippen LogP contribution in [-0.4, -0.2) is 27.8 Å². The molecule has 8 heteroatoms. The molecule has 0 saturated heterocycles. The first-order valence-electron chi connectivity index (χ1n) is 7.34. The average molecular weight is 393 g/mol. The first-order valence-corrected chi connectivity index (χ1v) is 8.26. The molecule has 2 aromatic heterocycles. The number of rotatable bonds is 2. The molecule has 0 fully saturated rings. The van der Waals surface area contributed by atoms with Gasteiger partial charge in [-0.3, -0.25) is 9.36 Å². The number of hydrogen-bond donors (Lipinski definition) is 0. The van der Waals surface area contributed by atoms with Crippen molar-refractivity contribution in [1.82, 2.24) is 9.13 Å². The van der Waals surface area contributed by atoms with Crippen molar-refractivity contribution in [3.8, 4) is 17.7 Å². The molecule has 0 aliphatic carbocycles. The fourth-order valence-corrected chi connectivity index (χ4v) is 3.36. The van der Waals surface area contributed by atoms with Gasteiger partial charge in [-0.05, 0) is 35.8 Å². The van der Waals surface area contributed by atoms with Gasteiger partial charge in [-0.1, -0.05) is 5.92 Å². The molecule has 0 aromatic carbocycles. The van der Waals surface area contributed by atoms with Crippen molar-refractivity contribution < 1.29 is 4.42 Å². The quantitative estimate of drug-likeness (QED) is 0.439. The summed E-state index contributed by atoms with van der Waals surface area (Å²) in [5, 5.41) is -0.263. The van der Waals surface area contributed by atoms with E-state index in [1.165, 1.54) is 4.57 Å². The lowest BCUT2D eigenvalue weighted by molar-refractivity contribution is 0.496. The number of nitrogens with zero attached hydrogens (tertiary/aromatic N) is 4. The zero-order valence-electron chi connectivity index (χ0n) is 13.8. The topological polar surface area (TPSA) is 63.6 Å². The van der Waals surface area contributed by atoms with Crippen LogP contribution >= 0.6 is 15.9 Å². The Balaban J connectivity index is 2.33. The lowest BCUT2D eigenvalue weighted by atomic mass is 10.4. The summed E-state index contributed by atoms with van der Waals surface area (Å²) < 4.78 is 7.99. The molecule has 0 radical (unpaired) electrons. The molecule has 2 aromatic rings. The lowest BCUT2D eigenvalue weighted by Gasteiger charge is -2.23. The molecule has 1 atom stereocenters. The first-order chi connectivity index (χ1) is 11.4. The van der Waals surface area contributed by atoms with Crippen molar-refractivity contribution >= 4 is 27.4 Å². The minimum Gasteiger partial charge on any atom is -0.445 e. The molecular weight excluding hydrogens is 376 g/mol. The van der Waals surface area contributed by atoms with Crippen molar-refractivity contribution in [1.29, 1.82) is 0 Å². The minimum absolute atomic E-state index is 0.211. The second kappa shape index (κ2) is 5.91. The predicted molar refractivity (Wildman–Crippen MR) is 96.2 cm³/mol. The van der Waals surface area contributed by atoms with Crippen LogP contribution < -0.4 is 21.0 Å². The highest BCUT2D eigenvalue weighted by molar-refractivity contribution is 9.09. The third-order valence-electron chi connectivity index (χ3n) is 3.98. The summed E-state index contributed by atoms with van der Waals surface area (Å²) in [5.41, 5.74) is -0.462. The van der Waals surface area contributed by atoms with Gasteiger partial charge in [0, 0.05) is 20.2 Å². The second-order valence-electron chi connectivity index (χ2n) is 5.51. The molecule has 1 unspecified atom stereocenters. The second-order valence-corrected chi connectivity index (χ2v) is 6.33. The summed E-state index contributed by atoms with van der Waals surface area (Å²) in [6.07, 6.45) is 0. The van der Waals surface area contributed by atoms with Gasteiger partial charge in [0.15, 0.2) is 5.08 Å². The largest absolute Gasteiger partial charge is 0.445 e. The summed E-state index contributed by atoms with van der Waals surface area (Å²) in [5.74, 6) is 7.18. The maximum atomic E-state index is 13.1. The number of furan rings is 1. The highest BCUT2D eigenvalue weighted by atomic mass is 79.9. The van der Waals surface area contributed by atoms with E-state index in [9.17, 15) is 9.59 Å². The maximum Gasteiger partial charge on any atom is 0.339 e. The number of halogens is 1. The van der Waals surface area contributed by atoms with Crippen LogP contribution in [0.2, 0.25) is 0 Å². The van der Waals surface area contributed by atoms with Gasteiger partial charge in [-0.15, -0.1) is 5.92 Å². The molecule has 0 N–H and O–H groups in total. The number of fused-ring (bicyclic) bond motifs is 1. The lowest BCUT2D eigenvalue weighted by Crippen LogP contribution is -2.40. The van der Waals surface area contributed by atoms with Crippen LogP contribution in [0.25, 0.3) is 5.88 Å². The van der Waals surface area contributed by atoms with E-state index in [0.29, 0.717) is 23.8 Å². The van der Waals surface area contributed by atoms with E-state index in [-0.39, 0.29) is 11.0 Å². The Morgan fingerprint density at radius 2 is 2.00 bits per heavy atom. The van der Waals surface area contributed by atoms with E-state index in [1.807, 2.05) is 16.8 Å². The predicted octanol–water partition coefficient (Wildman–Crippen LogP) is 1.40. The Bertz CT molecular complexity index is 976. The van der Waals surface area contributed by atoms with Gasteiger partial charge in [-0.2, -0.15) is 4.57 Å². The molecule has 1 aliphatic heterocycles. The Labute approximate surface area is 147 Å². The highest BCUT2D eigenvalue weighted by Crippen LogP contribution is 2.36. The highest BCUT2D eigenvalue weighted by Gasteiger charge is 2.37. The molecule has 24 heavy (non-hydrogen) atoms. The molecule has 3 heterocycles. The van der Waals surface area contributed by atoms with E-state index in [4.69, 9.17) is 4.42 Å². The van der Waals surface area contributed by atoms with Crippen LogP contribution in [-0.2, 0) is 7.05 Å². The van der Waals surface area contributed by atoms with Gasteiger partial charge in [0.05, 0.1) is 6.54 Å². The SMILES string of the molecule is CC#CCN1c2c(n(C)c(=O)n(-c3ccc(C)o3)c2=O)N(C)C1Br. The first kappa shape index (κ1) is 16.5. The zero-order valence-corrected chi connectivity index (χ0v) is 15.4. The van der Waals surface area contributed by atoms with Crippen LogP contribution in [0.4, 0.5) is 11.5 Å². The monoisotopic (exact) mass is 392 g/mol. The van der Waals surface area contributed by atoms with Gasteiger partial charge in [0.2, 0.25) is 5.88 Å². The normalized spacial score (nSPS) is 16.1. The fourth-order valence-electron chi connectivity index (χ4n) is 2.81. The van der Waals surface area contributed by atoms with Gasteiger partial charge < -0.3 is 14.2 Å². The van der Waals surface area contributed by atoms with Crippen molar-refractivity contribution in [2.24, 2.45) is 7.05 Å². The molecular formula is C16H17BrN4O3. The van der Waals surface area contributed by atoms with Gasteiger partial charge in [0.1, 0.15) is 17.3 Å². The molecule has 0 spiro atoms. The van der Waals surface area contributed by atoms with Crippen LogP contribution in [0.15, 0.2) is 26.1 Å². The Hall–Kier alpha value is -2.40. The van der Waals surface area contributed by atoms with Crippen molar-refractivity contribution in [2.45, 2.75) is 18.9 Å². The van der Waals surface area contributed by atoms with Crippen LogP contribution in [0, 0.1) is 18.8 Å². The van der Waals surface area contributed by atoms with Crippen LogP contribution in [0.3, 0.4) is 0 Å². The number of alkyl halides is 1. The zero-order chi connectivity index (χ0) is 17.6. The third kappa shape index (κ3) is 2.27. The minimum atomic E-state index is -0.455. The van der Waals surface area contributed by atoms with Crippen molar-refractivity contribution in [3.63, 3.8) is 0 Å². The molecule has 0 amide bonds. The Morgan fingerprint density at radius 1 is 1.29 bits per heavy atom. The summed E-state index contributed by atoms with van der Waals surface area (Å²) in [6, 6.07) is 3.33. The smallest absolute Gasteiger partial charge is 0.339 e. The standard InChI is InChI=1S/C16H17BrN4O3/c1-5-6-9-20-12-13(18(3)15(20)17)19(4)16(23)21(14(12)22)11-8-7-10(2)24-11/h7-8,15H,9H2,1-4H3. The molecule has 1 aliphatic rings. The van der Waals surface area contributed by atoms with E-state index in [0.717, 1.165) is 4.57 Å². The molecule has 0 saturated carbocycles. The summed E-state index contributed by atoms with van der Waals surface area (Å²) in [6.45, 7) is 3.88. The molecule has 0 bridgehead atoms. The van der Waals surface area contributed by atoms with E-state index >= 15 is 0 Å². The van der Waals surface area contributed by atoms with E-state index in [1.54, 1.807) is 33.0 Å². The van der Waals surface area contributed by atoms with E-state index < -0.39 is 11.2 Å². The van der Waals surface area contributed by atoms with E-state index in [2.05, 4.69) is 27.8 Å². The summed E-state index contributed by atoms with van der Waals surface area (Å²) in [7, 11) is 3.45. The van der Waals surface area contributed by atoms with Crippen LogP contribution in [0.5, 0.6) is 0 Å². The van der Waals surface area contributed by atoms with Crippen molar-refractivity contribution in [3.05, 3.63) is 38.7 Å². The number of anilines is 2. The average Bonchev–Trinajstić information content (AvgIpc) is 3.07. The number of aryl methyl sites for hydroxylation is 1. The fraction of sp³-hybridized carbons (Fsp3) is 0.375. The summed E-state index contributed by atoms with van der Waals surface area (Å²) >= 11 is 3.56. The summed E-state index contributed by atoms with van der Waals surface area (Å²) in [4.78, 5) is 29.4. The Kier molecular flexibility index (Phi) is 4.05. The van der Waals surface area contributed by atoms with Gasteiger partial charge in [0.25, 0.3) is 5.56 Å². The molecule has 3 rings (SSSR count). The van der Waals surface area contributed by atoms with Gasteiger partial charge >= 0.3 is 5.69 Å². The van der Waals surface area contributed by atoms with Crippen LogP contribution in [0.1, 0.15) is 12.7 Å². The number of aromatic nitrogens is 2. The number of hydrogen-bond acceptors (Lipinski definition) is 5.